The van der Waals surface area contributed by atoms with Gasteiger partial charge in [-0.25, -0.2) is 4.79 Å². The molecule has 0 spiro atoms. The lowest BCUT2D eigenvalue weighted by Gasteiger charge is -2.29. The summed E-state index contributed by atoms with van der Waals surface area (Å²) in [4.78, 5) is 72.8. The summed E-state index contributed by atoms with van der Waals surface area (Å²) in [5.41, 5.74) is 5.59. The lowest BCUT2D eigenvalue weighted by Crippen LogP contribution is -2.60. The van der Waals surface area contributed by atoms with Crippen LogP contribution < -0.4 is 32.3 Å². The van der Waals surface area contributed by atoms with Crippen molar-refractivity contribution in [1.29, 1.82) is 0 Å². The van der Waals surface area contributed by atoms with E-state index in [1.807, 2.05) is 12.2 Å². The molecular formula is C22H40N6O8. The minimum Gasteiger partial charge on any atom is -0.480 e. The van der Waals surface area contributed by atoms with Gasteiger partial charge >= 0.3 is 5.97 Å². The first-order valence-corrected chi connectivity index (χ1v) is 11.7. The number of nitrogens with two attached hydrogens (primary N) is 1. The van der Waals surface area contributed by atoms with Crippen LogP contribution in [0.2, 0.25) is 0 Å². The van der Waals surface area contributed by atoms with Gasteiger partial charge in [-0.05, 0) is 25.7 Å². The zero-order valence-electron chi connectivity index (χ0n) is 21.6. The monoisotopic (exact) mass is 516 g/mol. The highest BCUT2D eigenvalue weighted by molar-refractivity contribution is 5.95. The molecule has 0 aliphatic carbocycles. The molecule has 9 N–H and O–H groups in total. The van der Waals surface area contributed by atoms with E-state index in [2.05, 4.69) is 21.3 Å². The Labute approximate surface area is 210 Å². The highest BCUT2D eigenvalue weighted by Gasteiger charge is 2.32. The summed E-state index contributed by atoms with van der Waals surface area (Å²) in [6.45, 7) is 8.46. The van der Waals surface area contributed by atoms with Crippen molar-refractivity contribution in [2.24, 2.45) is 17.6 Å². The van der Waals surface area contributed by atoms with E-state index in [-0.39, 0.29) is 11.8 Å². The Morgan fingerprint density at radius 3 is 1.75 bits per heavy atom. The molecule has 36 heavy (non-hydrogen) atoms. The number of carboxylic acid groups (broad SMARTS) is 1. The Balaban J connectivity index is 5.15. The number of carbonyl (C=O) groups is 6. The first-order chi connectivity index (χ1) is 16.7. The second-order valence-electron chi connectivity index (χ2n) is 8.98. The van der Waals surface area contributed by atoms with Crippen LogP contribution in [0.15, 0.2) is 0 Å². The molecular weight excluding hydrogens is 476 g/mol. The number of amides is 5. The molecule has 0 aromatic heterocycles. The summed E-state index contributed by atoms with van der Waals surface area (Å²) in [5, 5.41) is 29.7. The third-order valence-electron chi connectivity index (χ3n) is 5.44. The molecule has 6 atom stereocenters. The highest BCUT2D eigenvalue weighted by atomic mass is 16.4. The van der Waals surface area contributed by atoms with Crippen LogP contribution >= 0.6 is 0 Å². The molecule has 0 aliphatic rings. The van der Waals surface area contributed by atoms with E-state index in [9.17, 15) is 28.8 Å². The number of aliphatic hydroxyl groups is 1. The van der Waals surface area contributed by atoms with Crippen molar-refractivity contribution in [3.05, 3.63) is 0 Å². The molecule has 14 nitrogen and oxygen atoms in total. The third-order valence-corrected chi connectivity index (χ3v) is 5.44. The second-order valence-corrected chi connectivity index (χ2v) is 8.98. The number of aliphatic carboxylic acids is 1. The van der Waals surface area contributed by atoms with Crippen molar-refractivity contribution in [2.75, 3.05) is 13.2 Å². The zero-order valence-corrected chi connectivity index (χ0v) is 21.6. The van der Waals surface area contributed by atoms with E-state index in [0.29, 0.717) is 6.42 Å². The number of carbonyl (C=O) groups excluding carboxylic acids is 5. The van der Waals surface area contributed by atoms with Gasteiger partial charge in [0.2, 0.25) is 29.5 Å². The van der Waals surface area contributed by atoms with Gasteiger partial charge in [-0.15, -0.1) is 0 Å². The Morgan fingerprint density at radius 2 is 1.31 bits per heavy atom. The molecule has 0 aromatic rings. The Hall–Kier alpha value is -3.26. The first kappa shape index (κ1) is 32.7. The van der Waals surface area contributed by atoms with Gasteiger partial charge in [0.05, 0.1) is 19.2 Å². The maximum atomic E-state index is 12.9. The summed E-state index contributed by atoms with van der Waals surface area (Å²) >= 11 is 0. The molecule has 14 heteroatoms. The summed E-state index contributed by atoms with van der Waals surface area (Å²) in [6.07, 6.45) is 0.576. The molecule has 0 saturated heterocycles. The molecule has 0 rings (SSSR count). The largest absolute Gasteiger partial charge is 0.480 e. The van der Waals surface area contributed by atoms with E-state index in [1.54, 1.807) is 20.8 Å². The van der Waals surface area contributed by atoms with Crippen LogP contribution in [0.1, 0.15) is 48.0 Å². The molecule has 0 fully saturated rings. The summed E-state index contributed by atoms with van der Waals surface area (Å²) < 4.78 is 0. The average molecular weight is 517 g/mol. The quantitative estimate of drug-likeness (QED) is 0.112. The normalized spacial score (nSPS) is 15.9. The fourth-order valence-electron chi connectivity index (χ4n) is 2.88. The minimum absolute atomic E-state index is 0.244. The van der Waals surface area contributed by atoms with Crippen molar-refractivity contribution < 1.29 is 39.0 Å². The minimum atomic E-state index is -1.51. The predicted octanol–water partition coefficient (Wildman–Crippen LogP) is -2.81. The van der Waals surface area contributed by atoms with Gasteiger partial charge in [0.1, 0.15) is 24.2 Å². The number of hydrogen-bond donors (Lipinski definition) is 8. The molecule has 206 valence electrons. The standard InChI is InChI=1S/C22H40N6O8/c1-7-11(4)17(28-18(31)12(5)23)21(34)27-16(10(2)3)20(33)25-13(6)19(32)24-8-15(30)26-14(9-29)22(35)36/h10-14,16-17,29H,7-9,23H2,1-6H3,(H,24,32)(H,25,33)(H,26,30)(H,27,34)(H,28,31)(H,35,36)/t11-,12-,13-,14-,16-,17-/m0/s1. The van der Waals surface area contributed by atoms with E-state index < -0.39 is 78.9 Å². The number of carboxylic acids is 1. The first-order valence-electron chi connectivity index (χ1n) is 11.7. The number of hydrogen-bond acceptors (Lipinski definition) is 8. The van der Waals surface area contributed by atoms with Crippen molar-refractivity contribution in [1.82, 2.24) is 26.6 Å². The van der Waals surface area contributed by atoms with Gasteiger partial charge in [-0.2, -0.15) is 0 Å². The van der Waals surface area contributed by atoms with Crippen molar-refractivity contribution in [3.63, 3.8) is 0 Å². The van der Waals surface area contributed by atoms with Crippen LogP contribution in [0.4, 0.5) is 0 Å². The van der Waals surface area contributed by atoms with E-state index in [1.165, 1.54) is 13.8 Å². The second kappa shape index (κ2) is 15.7. The van der Waals surface area contributed by atoms with Gasteiger partial charge in [0.15, 0.2) is 0 Å². The van der Waals surface area contributed by atoms with Crippen molar-refractivity contribution in [2.45, 2.75) is 78.2 Å². The SMILES string of the molecule is CC[C@H](C)[C@H](NC(=O)[C@H](C)N)C(=O)N[C@H](C(=O)N[C@@H](C)C(=O)NCC(=O)N[C@@H](CO)C(=O)O)C(C)C. The molecule has 0 aromatic carbocycles. The smallest absolute Gasteiger partial charge is 0.328 e. The van der Waals surface area contributed by atoms with E-state index >= 15 is 0 Å². The Kier molecular flexibility index (Phi) is 14.3. The number of aliphatic hydroxyl groups excluding tert-OH is 1. The fourth-order valence-corrected chi connectivity index (χ4v) is 2.88. The molecule has 5 amide bonds. The van der Waals surface area contributed by atoms with Gasteiger partial charge < -0.3 is 42.5 Å². The summed E-state index contributed by atoms with van der Waals surface area (Å²) in [5.74, 6) is -5.37. The summed E-state index contributed by atoms with van der Waals surface area (Å²) in [7, 11) is 0. The van der Waals surface area contributed by atoms with Crippen LogP contribution in [0.3, 0.4) is 0 Å². The number of rotatable bonds is 15. The van der Waals surface area contributed by atoms with Crippen LogP contribution in [-0.4, -0.2) is 89.1 Å². The Morgan fingerprint density at radius 1 is 0.778 bits per heavy atom. The maximum absolute atomic E-state index is 12.9. The molecule has 0 aliphatic heterocycles. The zero-order chi connectivity index (χ0) is 28.2. The van der Waals surface area contributed by atoms with Crippen LogP contribution in [0.25, 0.3) is 0 Å². The maximum Gasteiger partial charge on any atom is 0.328 e. The molecule has 0 unspecified atom stereocenters. The summed E-state index contributed by atoms with van der Waals surface area (Å²) in [6, 6.07) is -5.39. The lowest BCUT2D eigenvalue weighted by atomic mass is 9.96. The molecule has 0 heterocycles. The average Bonchev–Trinajstić information content (AvgIpc) is 2.80. The molecule has 0 saturated carbocycles. The van der Waals surface area contributed by atoms with Gasteiger partial charge in [-0.1, -0.05) is 34.1 Å². The highest BCUT2D eigenvalue weighted by Crippen LogP contribution is 2.10. The van der Waals surface area contributed by atoms with Gasteiger partial charge in [0, 0.05) is 0 Å². The Bertz CT molecular complexity index is 803. The third kappa shape index (κ3) is 11.0. The van der Waals surface area contributed by atoms with Crippen molar-refractivity contribution in [3.8, 4) is 0 Å². The lowest BCUT2D eigenvalue weighted by molar-refractivity contribution is -0.142. The van der Waals surface area contributed by atoms with Crippen LogP contribution in [0, 0.1) is 11.8 Å². The van der Waals surface area contributed by atoms with E-state index in [0.717, 1.165) is 0 Å². The van der Waals surface area contributed by atoms with Crippen molar-refractivity contribution >= 4 is 35.5 Å². The molecule has 0 radical (unpaired) electrons. The van der Waals surface area contributed by atoms with Gasteiger partial charge in [0.25, 0.3) is 0 Å². The predicted molar refractivity (Wildman–Crippen MR) is 129 cm³/mol. The van der Waals surface area contributed by atoms with E-state index in [4.69, 9.17) is 15.9 Å². The topological polar surface area (TPSA) is 229 Å². The fraction of sp³-hybridized carbons (Fsp3) is 0.727. The van der Waals surface area contributed by atoms with Gasteiger partial charge in [-0.3, -0.25) is 24.0 Å². The van der Waals surface area contributed by atoms with Crippen LogP contribution in [0.5, 0.6) is 0 Å². The molecule has 0 bridgehead atoms. The van der Waals surface area contributed by atoms with Crippen LogP contribution in [-0.2, 0) is 28.8 Å². The number of nitrogens with one attached hydrogen (secondary N) is 5.